The number of hydrogen-bond donors (Lipinski definition) is 1. The third-order valence-corrected chi connectivity index (χ3v) is 1.77. The molecule has 1 atom stereocenters. The third kappa shape index (κ3) is 4.74. The molecule has 0 aliphatic heterocycles. The van der Waals surface area contributed by atoms with E-state index in [1.165, 1.54) is 11.8 Å². The van der Waals surface area contributed by atoms with Gasteiger partial charge in [0.25, 0.3) is 0 Å². The summed E-state index contributed by atoms with van der Waals surface area (Å²) in [6.07, 6.45) is 7.83. The lowest BCUT2D eigenvalue weighted by molar-refractivity contribution is -0.118. The van der Waals surface area contributed by atoms with E-state index in [0.29, 0.717) is 5.75 Å². The molecule has 0 aromatic rings. The topological polar surface area (TPSA) is 29.1 Å². The number of rotatable bonds is 4. The summed E-state index contributed by atoms with van der Waals surface area (Å²) in [5, 5.41) is 2.72. The summed E-state index contributed by atoms with van der Waals surface area (Å²) in [4.78, 5) is 10.9. The van der Waals surface area contributed by atoms with E-state index in [9.17, 15) is 4.79 Å². The van der Waals surface area contributed by atoms with Crippen molar-refractivity contribution in [2.24, 2.45) is 0 Å². The molecular weight excluding hydrogens is 158 g/mol. The average molecular weight is 171 g/mol. The molecule has 0 saturated heterocycles. The molecule has 62 valence electrons. The first-order chi connectivity index (χ1) is 5.24. The maximum atomic E-state index is 10.9. The van der Waals surface area contributed by atoms with Gasteiger partial charge in [0, 0.05) is 0 Å². The fourth-order valence-electron chi connectivity index (χ4n) is 0.629. The number of carbonyl (C=O) groups is 1. The molecule has 0 radical (unpaired) electrons. The average Bonchev–Trinajstić information content (AvgIpc) is 2.01. The van der Waals surface area contributed by atoms with Gasteiger partial charge in [-0.15, -0.1) is 6.42 Å². The molecule has 0 aliphatic rings. The van der Waals surface area contributed by atoms with Crippen LogP contribution in [0.15, 0.2) is 0 Å². The Labute approximate surface area is 72.1 Å². The Kier molecular flexibility index (Phi) is 5.77. The molecule has 0 rings (SSSR count). The summed E-state index contributed by atoms with van der Waals surface area (Å²) >= 11 is 1.49. The molecule has 0 heterocycles. The van der Waals surface area contributed by atoms with Crippen molar-refractivity contribution in [3.05, 3.63) is 0 Å². The Balaban J connectivity index is 3.65. The third-order valence-electron chi connectivity index (χ3n) is 1.22. The van der Waals surface area contributed by atoms with Gasteiger partial charge < -0.3 is 5.32 Å². The lowest BCUT2D eigenvalue weighted by atomic mass is 10.2. The molecule has 1 amide bonds. The standard InChI is InChI=1S/C8H13NOS/c1-4-7(5-2)9-8(10)6-11-3/h1,7H,5-6H2,2-3H3,(H,9,10). The van der Waals surface area contributed by atoms with Gasteiger partial charge in [-0.25, -0.2) is 0 Å². The van der Waals surface area contributed by atoms with Gasteiger partial charge in [0.05, 0.1) is 11.8 Å². The number of nitrogens with one attached hydrogen (secondary N) is 1. The maximum absolute atomic E-state index is 10.9. The Morgan fingerprint density at radius 3 is 2.82 bits per heavy atom. The van der Waals surface area contributed by atoms with Crippen molar-refractivity contribution in [2.45, 2.75) is 19.4 Å². The Hall–Kier alpha value is -0.620. The fourth-order valence-corrected chi connectivity index (χ4v) is 0.974. The van der Waals surface area contributed by atoms with Crippen LogP contribution in [0.25, 0.3) is 0 Å². The minimum atomic E-state index is -0.102. The van der Waals surface area contributed by atoms with Crippen molar-refractivity contribution >= 4 is 17.7 Å². The molecular formula is C8H13NOS. The summed E-state index contributed by atoms with van der Waals surface area (Å²) in [7, 11) is 0. The summed E-state index contributed by atoms with van der Waals surface area (Å²) in [5.74, 6) is 3.00. The number of hydrogen-bond acceptors (Lipinski definition) is 2. The van der Waals surface area contributed by atoms with Crippen molar-refractivity contribution in [1.82, 2.24) is 5.32 Å². The highest BCUT2D eigenvalue weighted by molar-refractivity contribution is 7.99. The number of amides is 1. The molecule has 2 nitrogen and oxygen atoms in total. The smallest absolute Gasteiger partial charge is 0.230 e. The Morgan fingerprint density at radius 2 is 2.45 bits per heavy atom. The zero-order chi connectivity index (χ0) is 8.69. The van der Waals surface area contributed by atoms with Gasteiger partial charge in [0.1, 0.15) is 0 Å². The predicted molar refractivity (Wildman–Crippen MR) is 49.4 cm³/mol. The van der Waals surface area contributed by atoms with Gasteiger partial charge in [-0.3, -0.25) is 4.79 Å². The van der Waals surface area contributed by atoms with Gasteiger partial charge >= 0.3 is 0 Å². The quantitative estimate of drug-likeness (QED) is 0.636. The van der Waals surface area contributed by atoms with Crippen LogP contribution in [0, 0.1) is 12.3 Å². The van der Waals surface area contributed by atoms with Crippen LogP contribution < -0.4 is 5.32 Å². The highest BCUT2D eigenvalue weighted by Gasteiger charge is 2.05. The zero-order valence-electron chi connectivity index (χ0n) is 6.89. The number of thioether (sulfide) groups is 1. The van der Waals surface area contributed by atoms with E-state index in [0.717, 1.165) is 6.42 Å². The second-order valence-corrected chi connectivity index (χ2v) is 2.99. The van der Waals surface area contributed by atoms with Gasteiger partial charge in [-0.1, -0.05) is 12.8 Å². The van der Waals surface area contributed by atoms with Crippen molar-refractivity contribution in [3.8, 4) is 12.3 Å². The fraction of sp³-hybridized carbons (Fsp3) is 0.625. The molecule has 11 heavy (non-hydrogen) atoms. The van der Waals surface area contributed by atoms with Crippen molar-refractivity contribution < 1.29 is 4.79 Å². The molecule has 0 fully saturated rings. The van der Waals surface area contributed by atoms with E-state index in [4.69, 9.17) is 6.42 Å². The minimum Gasteiger partial charge on any atom is -0.342 e. The van der Waals surface area contributed by atoms with E-state index >= 15 is 0 Å². The molecule has 1 unspecified atom stereocenters. The highest BCUT2D eigenvalue weighted by atomic mass is 32.2. The maximum Gasteiger partial charge on any atom is 0.230 e. The zero-order valence-corrected chi connectivity index (χ0v) is 7.70. The van der Waals surface area contributed by atoms with Gasteiger partial charge in [-0.05, 0) is 12.7 Å². The lowest BCUT2D eigenvalue weighted by Crippen LogP contribution is -2.34. The normalized spacial score (nSPS) is 11.7. The van der Waals surface area contributed by atoms with Crippen LogP contribution in [0.3, 0.4) is 0 Å². The number of terminal acetylenes is 1. The molecule has 1 N–H and O–H groups in total. The van der Waals surface area contributed by atoms with Gasteiger partial charge in [-0.2, -0.15) is 11.8 Å². The van der Waals surface area contributed by atoms with Crippen molar-refractivity contribution in [3.63, 3.8) is 0 Å². The molecule has 0 aliphatic carbocycles. The Morgan fingerprint density at radius 1 is 1.82 bits per heavy atom. The molecule has 0 spiro atoms. The predicted octanol–water partition coefficient (Wildman–Crippen LogP) is 0.877. The van der Waals surface area contributed by atoms with Crippen molar-refractivity contribution in [2.75, 3.05) is 12.0 Å². The lowest BCUT2D eigenvalue weighted by Gasteiger charge is -2.08. The molecule has 0 bridgehead atoms. The molecule has 3 heteroatoms. The largest absolute Gasteiger partial charge is 0.342 e. The summed E-state index contributed by atoms with van der Waals surface area (Å²) in [6.45, 7) is 1.95. The molecule has 0 aromatic heterocycles. The molecule has 0 aromatic carbocycles. The van der Waals surface area contributed by atoms with Crippen LogP contribution >= 0.6 is 11.8 Å². The first-order valence-corrected chi connectivity index (χ1v) is 4.88. The van der Waals surface area contributed by atoms with Crippen LogP contribution in [0.1, 0.15) is 13.3 Å². The van der Waals surface area contributed by atoms with E-state index < -0.39 is 0 Å². The van der Waals surface area contributed by atoms with Crippen LogP contribution in [0.4, 0.5) is 0 Å². The summed E-state index contributed by atoms with van der Waals surface area (Å²) < 4.78 is 0. The first-order valence-electron chi connectivity index (χ1n) is 3.49. The monoisotopic (exact) mass is 171 g/mol. The first kappa shape index (κ1) is 10.4. The SMILES string of the molecule is C#CC(CC)NC(=O)CSC. The van der Waals surface area contributed by atoms with E-state index in [1.807, 2.05) is 13.2 Å². The van der Waals surface area contributed by atoms with Crippen LogP contribution in [-0.2, 0) is 4.79 Å². The van der Waals surface area contributed by atoms with Crippen molar-refractivity contribution in [1.29, 1.82) is 0 Å². The van der Waals surface area contributed by atoms with Crippen LogP contribution in [0.2, 0.25) is 0 Å². The van der Waals surface area contributed by atoms with Crippen LogP contribution in [0.5, 0.6) is 0 Å². The van der Waals surface area contributed by atoms with E-state index in [1.54, 1.807) is 0 Å². The molecule has 0 saturated carbocycles. The van der Waals surface area contributed by atoms with Gasteiger partial charge in [0.15, 0.2) is 0 Å². The van der Waals surface area contributed by atoms with Crippen LogP contribution in [-0.4, -0.2) is 24.0 Å². The second-order valence-electron chi connectivity index (χ2n) is 2.13. The van der Waals surface area contributed by atoms with E-state index in [2.05, 4.69) is 11.2 Å². The van der Waals surface area contributed by atoms with Gasteiger partial charge in [0.2, 0.25) is 5.91 Å². The van der Waals surface area contributed by atoms with E-state index in [-0.39, 0.29) is 11.9 Å². The summed E-state index contributed by atoms with van der Waals surface area (Å²) in [5.41, 5.74) is 0. The second kappa shape index (κ2) is 6.11. The Bertz CT molecular complexity index is 162. The highest BCUT2D eigenvalue weighted by Crippen LogP contribution is 1.92. The minimum absolute atomic E-state index is 0.0160. The number of carbonyl (C=O) groups excluding carboxylic acids is 1. The summed E-state index contributed by atoms with van der Waals surface area (Å²) in [6, 6.07) is -0.102.